The number of furan rings is 1. The Morgan fingerprint density at radius 2 is 1.93 bits per heavy atom. The molecule has 4 rings (SSSR count). The van der Waals surface area contributed by atoms with Gasteiger partial charge in [-0.2, -0.15) is 0 Å². The maximum atomic E-state index is 6.02. The average molecular weight is 426 g/mol. The molecule has 2 heterocycles. The van der Waals surface area contributed by atoms with Crippen LogP contribution in [-0.4, -0.2) is 4.98 Å². The fraction of sp³-hybridized carbons (Fsp3) is 0.292. The van der Waals surface area contributed by atoms with E-state index in [4.69, 9.17) is 25.7 Å². The normalized spacial score (nSPS) is 11.2. The van der Waals surface area contributed by atoms with Crippen molar-refractivity contribution in [3.05, 3.63) is 70.7 Å². The highest BCUT2D eigenvalue weighted by Gasteiger charge is 2.12. The minimum absolute atomic E-state index is 0.484. The molecule has 0 aliphatic carbocycles. The van der Waals surface area contributed by atoms with Gasteiger partial charge in [-0.3, -0.25) is 0 Å². The monoisotopic (exact) mass is 425 g/mol. The third-order valence-electron chi connectivity index (χ3n) is 4.94. The average Bonchev–Trinajstić information content (AvgIpc) is 3.39. The van der Waals surface area contributed by atoms with Crippen LogP contribution in [0.3, 0.4) is 0 Å². The Morgan fingerprint density at radius 1 is 1.07 bits per heavy atom. The number of hydrogen-bond acceptors (Lipinski definition) is 4. The first-order valence-corrected chi connectivity index (χ1v) is 11.4. The maximum Gasteiger partial charge on any atom is 0.164 e. The molecule has 0 saturated heterocycles. The lowest BCUT2D eigenvalue weighted by Crippen LogP contribution is -1.98. The van der Waals surface area contributed by atoms with Crippen LogP contribution in [0, 0.1) is 0 Å². The van der Waals surface area contributed by atoms with Gasteiger partial charge in [0, 0.05) is 16.6 Å². The molecule has 0 aliphatic heterocycles. The zero-order chi connectivity index (χ0) is 20.1. The number of alkyl halides is 1. The van der Waals surface area contributed by atoms with Gasteiger partial charge in [-0.1, -0.05) is 44.0 Å². The Labute approximate surface area is 180 Å². The standard InChI is InChI=1S/C24H24ClNO2S/c1-2-3-4-9-20-16-29-24(26-20)23-13-19-12-21(10-11-22(19)28-23)27-15-18-8-6-5-7-17(18)14-25/h5-8,10-13,16H,2-4,9,14-15H2,1H3. The number of hydrogen-bond donors (Lipinski definition) is 0. The van der Waals surface area contributed by atoms with Gasteiger partial charge in [0.15, 0.2) is 10.8 Å². The molecule has 0 unspecified atom stereocenters. The first kappa shape index (κ1) is 20.0. The number of rotatable bonds is 9. The van der Waals surface area contributed by atoms with Gasteiger partial charge in [-0.25, -0.2) is 4.98 Å². The number of fused-ring (bicyclic) bond motifs is 1. The molecule has 0 spiro atoms. The molecule has 3 nitrogen and oxygen atoms in total. The molecule has 150 valence electrons. The minimum atomic E-state index is 0.484. The van der Waals surface area contributed by atoms with Crippen LogP contribution in [0.1, 0.15) is 43.0 Å². The number of halogens is 1. The first-order valence-electron chi connectivity index (χ1n) is 10.0. The highest BCUT2D eigenvalue weighted by molar-refractivity contribution is 7.13. The number of benzene rings is 2. The summed E-state index contributed by atoms with van der Waals surface area (Å²) in [5.41, 5.74) is 4.20. The lowest BCUT2D eigenvalue weighted by Gasteiger charge is -2.09. The predicted molar refractivity (Wildman–Crippen MR) is 121 cm³/mol. The van der Waals surface area contributed by atoms with Crippen LogP contribution in [0.25, 0.3) is 21.7 Å². The Morgan fingerprint density at radius 3 is 2.76 bits per heavy atom. The molecule has 0 atom stereocenters. The van der Waals surface area contributed by atoms with Gasteiger partial charge in [0.2, 0.25) is 0 Å². The SMILES string of the molecule is CCCCCc1csc(-c2cc3cc(OCc4ccccc4CCl)ccc3o2)n1. The van der Waals surface area contributed by atoms with Crippen LogP contribution in [0.2, 0.25) is 0 Å². The van der Waals surface area contributed by atoms with Crippen LogP contribution in [0.5, 0.6) is 5.75 Å². The highest BCUT2D eigenvalue weighted by Crippen LogP contribution is 2.32. The molecule has 5 heteroatoms. The number of aromatic nitrogens is 1. The van der Waals surface area contributed by atoms with Gasteiger partial charge in [-0.15, -0.1) is 22.9 Å². The van der Waals surface area contributed by atoms with E-state index in [9.17, 15) is 0 Å². The molecule has 2 aromatic carbocycles. The van der Waals surface area contributed by atoms with Gasteiger partial charge in [0.25, 0.3) is 0 Å². The first-order chi connectivity index (χ1) is 14.3. The van der Waals surface area contributed by atoms with Crippen molar-refractivity contribution in [1.29, 1.82) is 0 Å². The summed E-state index contributed by atoms with van der Waals surface area (Å²) in [5.74, 6) is 2.11. The summed E-state index contributed by atoms with van der Waals surface area (Å²) in [7, 11) is 0. The molecule has 29 heavy (non-hydrogen) atoms. The summed E-state index contributed by atoms with van der Waals surface area (Å²) in [6, 6.07) is 16.0. The van der Waals surface area contributed by atoms with Gasteiger partial charge in [0.1, 0.15) is 17.9 Å². The highest BCUT2D eigenvalue weighted by atomic mass is 35.5. The van der Waals surface area contributed by atoms with Gasteiger partial charge < -0.3 is 9.15 Å². The van der Waals surface area contributed by atoms with Crippen LogP contribution in [0.15, 0.2) is 58.3 Å². The third-order valence-corrected chi connectivity index (χ3v) is 6.14. The number of thiazole rings is 1. The van der Waals surface area contributed by atoms with Gasteiger partial charge >= 0.3 is 0 Å². The van der Waals surface area contributed by atoms with Gasteiger partial charge in [-0.05, 0) is 48.2 Å². The molecule has 0 aliphatic rings. The smallest absolute Gasteiger partial charge is 0.164 e. The molecule has 0 N–H and O–H groups in total. The Balaban J connectivity index is 1.48. The quantitative estimate of drug-likeness (QED) is 0.204. The topological polar surface area (TPSA) is 35.3 Å². The van der Waals surface area contributed by atoms with E-state index >= 15 is 0 Å². The fourth-order valence-electron chi connectivity index (χ4n) is 3.30. The van der Waals surface area contributed by atoms with E-state index in [0.29, 0.717) is 12.5 Å². The predicted octanol–water partition coefficient (Wildman–Crippen LogP) is 7.61. The molecule has 4 aromatic rings. The van der Waals surface area contributed by atoms with E-state index in [1.54, 1.807) is 11.3 Å². The lowest BCUT2D eigenvalue weighted by molar-refractivity contribution is 0.305. The van der Waals surface area contributed by atoms with E-state index in [1.165, 1.54) is 19.3 Å². The Kier molecular flexibility index (Phi) is 6.53. The molecule has 0 amide bonds. The third kappa shape index (κ3) is 4.82. The second kappa shape index (κ2) is 9.47. The summed E-state index contributed by atoms with van der Waals surface area (Å²) in [6.07, 6.45) is 4.69. The fourth-order valence-corrected chi connectivity index (χ4v) is 4.36. The zero-order valence-electron chi connectivity index (χ0n) is 16.5. The van der Waals surface area contributed by atoms with E-state index in [-0.39, 0.29) is 0 Å². The molecule has 0 bridgehead atoms. The number of nitrogens with zero attached hydrogens (tertiary/aromatic N) is 1. The molecule has 0 saturated carbocycles. The molecule has 0 fully saturated rings. The Hall–Kier alpha value is -2.30. The Bertz CT molecular complexity index is 1090. The van der Waals surface area contributed by atoms with Crippen molar-refractivity contribution in [2.45, 2.75) is 45.1 Å². The molecular formula is C24H24ClNO2S. The second-order valence-corrected chi connectivity index (χ2v) is 8.23. The van der Waals surface area contributed by atoms with Crippen LogP contribution in [-0.2, 0) is 18.9 Å². The van der Waals surface area contributed by atoms with Crippen molar-refractivity contribution < 1.29 is 9.15 Å². The van der Waals surface area contributed by atoms with E-state index < -0.39 is 0 Å². The van der Waals surface area contributed by atoms with Crippen LogP contribution >= 0.6 is 22.9 Å². The van der Waals surface area contributed by atoms with Crippen molar-refractivity contribution in [1.82, 2.24) is 4.98 Å². The van der Waals surface area contributed by atoms with Crippen LogP contribution < -0.4 is 4.74 Å². The summed E-state index contributed by atoms with van der Waals surface area (Å²) >= 11 is 7.66. The van der Waals surface area contributed by atoms with E-state index in [0.717, 1.165) is 50.7 Å². The largest absolute Gasteiger partial charge is 0.489 e. The van der Waals surface area contributed by atoms with Crippen molar-refractivity contribution in [2.24, 2.45) is 0 Å². The summed E-state index contributed by atoms with van der Waals surface area (Å²) in [5, 5.41) is 4.10. The molecule has 2 aromatic heterocycles. The van der Waals surface area contributed by atoms with Crippen molar-refractivity contribution in [3.8, 4) is 16.5 Å². The minimum Gasteiger partial charge on any atom is -0.489 e. The van der Waals surface area contributed by atoms with Crippen LogP contribution in [0.4, 0.5) is 0 Å². The van der Waals surface area contributed by atoms with E-state index in [2.05, 4.69) is 12.3 Å². The summed E-state index contributed by atoms with van der Waals surface area (Å²) in [6.45, 7) is 2.71. The van der Waals surface area contributed by atoms with Crippen molar-refractivity contribution in [2.75, 3.05) is 0 Å². The lowest BCUT2D eigenvalue weighted by atomic mass is 10.1. The summed E-state index contributed by atoms with van der Waals surface area (Å²) < 4.78 is 12.0. The number of ether oxygens (including phenoxy) is 1. The second-order valence-electron chi connectivity index (χ2n) is 7.10. The van der Waals surface area contributed by atoms with Crippen molar-refractivity contribution in [3.63, 3.8) is 0 Å². The maximum absolute atomic E-state index is 6.02. The molecule has 0 radical (unpaired) electrons. The van der Waals surface area contributed by atoms with E-state index in [1.807, 2.05) is 48.5 Å². The molecular weight excluding hydrogens is 402 g/mol. The number of unbranched alkanes of at least 4 members (excludes halogenated alkanes) is 2. The summed E-state index contributed by atoms with van der Waals surface area (Å²) in [4.78, 5) is 4.75. The van der Waals surface area contributed by atoms with Gasteiger partial charge in [0.05, 0.1) is 5.69 Å². The zero-order valence-corrected chi connectivity index (χ0v) is 18.1. The van der Waals surface area contributed by atoms with Crippen molar-refractivity contribution >= 4 is 33.9 Å². The number of aryl methyl sites for hydroxylation is 1.